The highest BCUT2D eigenvalue weighted by Gasteiger charge is 2.11. The molecule has 0 aliphatic rings. The van der Waals surface area contributed by atoms with E-state index in [4.69, 9.17) is 18.0 Å². The summed E-state index contributed by atoms with van der Waals surface area (Å²) in [4.78, 5) is 2.37. The first-order valence-electron chi connectivity index (χ1n) is 6.05. The van der Waals surface area contributed by atoms with Gasteiger partial charge >= 0.3 is 0 Å². The van der Waals surface area contributed by atoms with Crippen LogP contribution in [0.1, 0.15) is 11.1 Å². The molecule has 5 heteroatoms. The predicted octanol–water partition coefficient (Wildman–Crippen LogP) is 1.79. The van der Waals surface area contributed by atoms with E-state index in [1.165, 1.54) is 5.56 Å². The second-order valence-corrected chi connectivity index (χ2v) is 4.73. The van der Waals surface area contributed by atoms with Crippen LogP contribution in [0.15, 0.2) is 42.6 Å². The van der Waals surface area contributed by atoms with Gasteiger partial charge in [0.25, 0.3) is 0 Å². The van der Waals surface area contributed by atoms with E-state index < -0.39 is 0 Å². The smallest absolute Gasteiger partial charge is 0.161 e. The first-order valence-corrected chi connectivity index (χ1v) is 6.46. The number of anilines is 1. The predicted molar refractivity (Wildman–Crippen MR) is 81.3 cm³/mol. The topological polar surface area (TPSA) is 55.0 Å². The molecule has 0 saturated heterocycles. The van der Waals surface area contributed by atoms with E-state index >= 15 is 0 Å². The summed E-state index contributed by atoms with van der Waals surface area (Å²) in [5, 5.41) is 8.02. The van der Waals surface area contributed by atoms with Gasteiger partial charge in [-0.15, -0.1) is 5.10 Å². The SMILES string of the molecule is CN(CCc1ccccc1)c1nnccc1C(N)=S. The average molecular weight is 272 g/mol. The second kappa shape index (κ2) is 6.24. The molecule has 2 aromatic rings. The van der Waals surface area contributed by atoms with Crippen molar-refractivity contribution in [1.82, 2.24) is 10.2 Å². The fourth-order valence-corrected chi connectivity index (χ4v) is 2.01. The van der Waals surface area contributed by atoms with Crippen molar-refractivity contribution >= 4 is 23.0 Å². The van der Waals surface area contributed by atoms with Crippen molar-refractivity contribution in [1.29, 1.82) is 0 Å². The molecule has 0 amide bonds. The highest BCUT2D eigenvalue weighted by atomic mass is 32.1. The molecule has 1 aromatic carbocycles. The van der Waals surface area contributed by atoms with Gasteiger partial charge in [-0.05, 0) is 18.1 Å². The minimum atomic E-state index is 0.344. The number of aromatic nitrogens is 2. The maximum atomic E-state index is 5.70. The molecule has 0 atom stereocenters. The summed E-state index contributed by atoms with van der Waals surface area (Å²) >= 11 is 5.03. The van der Waals surface area contributed by atoms with Gasteiger partial charge in [0.05, 0.1) is 11.8 Å². The van der Waals surface area contributed by atoms with Crippen LogP contribution in [0.25, 0.3) is 0 Å². The Balaban J connectivity index is 2.08. The number of benzene rings is 1. The molecule has 0 radical (unpaired) electrons. The average Bonchev–Trinajstić information content (AvgIpc) is 2.46. The number of nitrogens with two attached hydrogens (primary N) is 1. The number of hydrogen-bond acceptors (Lipinski definition) is 4. The Kier molecular flexibility index (Phi) is 4.41. The summed E-state index contributed by atoms with van der Waals surface area (Å²) in [5.74, 6) is 0.728. The van der Waals surface area contributed by atoms with Gasteiger partial charge in [-0.1, -0.05) is 42.5 Å². The summed E-state index contributed by atoms with van der Waals surface area (Å²) in [6, 6.07) is 12.1. The normalized spacial score (nSPS) is 10.2. The van der Waals surface area contributed by atoms with Crippen molar-refractivity contribution in [3.8, 4) is 0 Å². The maximum absolute atomic E-state index is 5.70. The molecule has 1 aromatic heterocycles. The summed E-state index contributed by atoms with van der Waals surface area (Å²) in [6.45, 7) is 0.832. The molecule has 0 bridgehead atoms. The quantitative estimate of drug-likeness (QED) is 0.841. The first kappa shape index (κ1) is 13.4. The molecule has 0 aliphatic carbocycles. The van der Waals surface area contributed by atoms with Crippen LogP contribution < -0.4 is 10.6 Å². The van der Waals surface area contributed by atoms with E-state index in [0.29, 0.717) is 4.99 Å². The fraction of sp³-hybridized carbons (Fsp3) is 0.214. The van der Waals surface area contributed by atoms with Gasteiger partial charge < -0.3 is 10.6 Å². The van der Waals surface area contributed by atoms with Gasteiger partial charge in [0.1, 0.15) is 4.99 Å². The summed E-state index contributed by atoms with van der Waals surface area (Å²) < 4.78 is 0. The fourth-order valence-electron chi connectivity index (χ4n) is 1.85. The highest BCUT2D eigenvalue weighted by Crippen LogP contribution is 2.15. The van der Waals surface area contributed by atoms with E-state index in [0.717, 1.165) is 24.3 Å². The van der Waals surface area contributed by atoms with Crippen molar-refractivity contribution in [2.24, 2.45) is 5.73 Å². The lowest BCUT2D eigenvalue weighted by atomic mass is 10.1. The molecule has 19 heavy (non-hydrogen) atoms. The Bertz CT molecular complexity index is 556. The van der Waals surface area contributed by atoms with Crippen molar-refractivity contribution in [2.45, 2.75) is 6.42 Å². The molecule has 2 rings (SSSR count). The van der Waals surface area contributed by atoms with Crippen LogP contribution in [-0.4, -0.2) is 28.8 Å². The van der Waals surface area contributed by atoms with E-state index in [1.807, 2.05) is 30.1 Å². The Morgan fingerprint density at radius 2 is 2.00 bits per heavy atom. The van der Waals surface area contributed by atoms with Crippen molar-refractivity contribution in [3.63, 3.8) is 0 Å². The molecule has 98 valence electrons. The molecule has 0 unspecified atom stereocenters. The number of likely N-dealkylation sites (N-methyl/N-ethyl adjacent to an activating group) is 1. The lowest BCUT2D eigenvalue weighted by molar-refractivity contribution is 0.838. The minimum absolute atomic E-state index is 0.344. The third-order valence-corrected chi connectivity index (χ3v) is 3.13. The third-order valence-electron chi connectivity index (χ3n) is 2.91. The van der Waals surface area contributed by atoms with Crippen LogP contribution in [0, 0.1) is 0 Å². The molecular formula is C14H16N4S. The highest BCUT2D eigenvalue weighted by molar-refractivity contribution is 7.80. The number of rotatable bonds is 5. The van der Waals surface area contributed by atoms with Gasteiger partial charge in [0.15, 0.2) is 5.82 Å². The lowest BCUT2D eigenvalue weighted by Crippen LogP contribution is -2.25. The Morgan fingerprint density at radius 3 is 2.68 bits per heavy atom. The van der Waals surface area contributed by atoms with Crippen molar-refractivity contribution in [2.75, 3.05) is 18.5 Å². The van der Waals surface area contributed by atoms with E-state index in [2.05, 4.69) is 22.3 Å². The number of thiocarbonyl (C=S) groups is 1. The van der Waals surface area contributed by atoms with Crippen molar-refractivity contribution < 1.29 is 0 Å². The standard InChI is InChI=1S/C14H16N4S/c1-18(10-8-11-5-3-2-4-6-11)14-12(13(15)19)7-9-16-17-14/h2-7,9H,8,10H2,1H3,(H2,15,19). The van der Waals surface area contributed by atoms with Crippen LogP contribution in [0.4, 0.5) is 5.82 Å². The van der Waals surface area contributed by atoms with E-state index in [9.17, 15) is 0 Å². The van der Waals surface area contributed by atoms with Crippen LogP contribution >= 0.6 is 12.2 Å². The van der Waals surface area contributed by atoms with Gasteiger partial charge in [0.2, 0.25) is 0 Å². The molecule has 0 aliphatic heterocycles. The van der Waals surface area contributed by atoms with E-state index in [1.54, 1.807) is 12.3 Å². The van der Waals surface area contributed by atoms with Crippen LogP contribution in [0.3, 0.4) is 0 Å². The lowest BCUT2D eigenvalue weighted by Gasteiger charge is -2.19. The van der Waals surface area contributed by atoms with Crippen LogP contribution in [0.2, 0.25) is 0 Å². The molecule has 0 fully saturated rings. The van der Waals surface area contributed by atoms with Crippen LogP contribution in [0.5, 0.6) is 0 Å². The Morgan fingerprint density at radius 1 is 1.26 bits per heavy atom. The second-order valence-electron chi connectivity index (χ2n) is 4.29. The minimum Gasteiger partial charge on any atom is -0.389 e. The maximum Gasteiger partial charge on any atom is 0.161 e. The largest absolute Gasteiger partial charge is 0.389 e. The van der Waals surface area contributed by atoms with E-state index in [-0.39, 0.29) is 0 Å². The summed E-state index contributed by atoms with van der Waals surface area (Å²) in [7, 11) is 1.97. The molecule has 1 heterocycles. The Hall–Kier alpha value is -2.01. The molecule has 4 nitrogen and oxygen atoms in total. The molecular weight excluding hydrogens is 256 g/mol. The third kappa shape index (κ3) is 3.48. The van der Waals surface area contributed by atoms with Gasteiger partial charge in [-0.25, -0.2) is 0 Å². The van der Waals surface area contributed by atoms with Crippen molar-refractivity contribution in [3.05, 3.63) is 53.7 Å². The Labute approximate surface area is 118 Å². The zero-order chi connectivity index (χ0) is 13.7. The van der Waals surface area contributed by atoms with Gasteiger partial charge in [-0.2, -0.15) is 5.10 Å². The van der Waals surface area contributed by atoms with Gasteiger partial charge in [-0.3, -0.25) is 0 Å². The monoisotopic (exact) mass is 272 g/mol. The zero-order valence-electron chi connectivity index (χ0n) is 10.8. The molecule has 0 spiro atoms. The number of hydrogen-bond donors (Lipinski definition) is 1. The summed E-state index contributed by atoms with van der Waals surface area (Å²) in [5.41, 5.74) is 7.75. The molecule has 0 saturated carbocycles. The van der Waals surface area contributed by atoms with Crippen LogP contribution in [-0.2, 0) is 6.42 Å². The zero-order valence-corrected chi connectivity index (χ0v) is 11.6. The van der Waals surface area contributed by atoms with Gasteiger partial charge in [0, 0.05) is 13.6 Å². The number of nitrogens with zero attached hydrogens (tertiary/aromatic N) is 3. The first-order chi connectivity index (χ1) is 9.18. The molecule has 2 N–H and O–H groups in total. The summed E-state index contributed by atoms with van der Waals surface area (Å²) in [6.07, 6.45) is 2.54.